The van der Waals surface area contributed by atoms with E-state index in [-0.39, 0.29) is 24.7 Å². The van der Waals surface area contributed by atoms with Crippen molar-refractivity contribution >= 4 is 19.4 Å². The minimum atomic E-state index is -1.93. The van der Waals surface area contributed by atoms with Crippen molar-refractivity contribution < 1.29 is 14.6 Å². The average Bonchev–Trinajstić information content (AvgIpc) is 2.74. The molecule has 0 amide bonds. The van der Waals surface area contributed by atoms with Gasteiger partial charge in [0.05, 0.1) is 19.3 Å². The van der Waals surface area contributed by atoms with Gasteiger partial charge in [-0.25, -0.2) is 0 Å². The summed E-state index contributed by atoms with van der Waals surface area (Å²) in [4.78, 5) is 0. The van der Waals surface area contributed by atoms with Crippen molar-refractivity contribution in [2.45, 2.75) is 40.1 Å². The summed E-state index contributed by atoms with van der Waals surface area (Å²) in [6.07, 6.45) is -0.141. The van der Waals surface area contributed by atoms with Crippen LogP contribution in [-0.2, 0) is 17.6 Å². The standard InChI is InChI=1S/C25H30O3Si/c1-25(2,3)24(19-14-15-20(17-26)21(16-19)18-27)28-29(22-10-6-4-7-11-22)23-12-8-5-9-13-23/h4-16,24,26-27,29H,17-18H2,1-3H3. The largest absolute Gasteiger partial charge is 0.403 e. The van der Waals surface area contributed by atoms with E-state index in [1.807, 2.05) is 30.3 Å². The molecular weight excluding hydrogens is 376 g/mol. The third-order valence-electron chi connectivity index (χ3n) is 5.14. The Hall–Kier alpha value is -2.24. The number of aliphatic hydroxyl groups is 2. The van der Waals surface area contributed by atoms with Crippen LogP contribution in [-0.4, -0.2) is 19.3 Å². The molecule has 0 radical (unpaired) electrons. The van der Waals surface area contributed by atoms with Gasteiger partial charge in [-0.2, -0.15) is 0 Å². The van der Waals surface area contributed by atoms with E-state index in [0.717, 1.165) is 16.7 Å². The molecule has 3 rings (SSSR count). The van der Waals surface area contributed by atoms with Crippen LogP contribution in [0.5, 0.6) is 0 Å². The Morgan fingerprint density at radius 3 is 1.72 bits per heavy atom. The van der Waals surface area contributed by atoms with Gasteiger partial charge in [-0.1, -0.05) is 99.6 Å². The van der Waals surface area contributed by atoms with Crippen molar-refractivity contribution in [1.29, 1.82) is 0 Å². The Labute approximate surface area is 175 Å². The lowest BCUT2D eigenvalue weighted by molar-refractivity contribution is 0.0894. The number of benzene rings is 3. The highest BCUT2D eigenvalue weighted by atomic mass is 28.3. The summed E-state index contributed by atoms with van der Waals surface area (Å²) in [5.41, 5.74) is 2.40. The normalized spacial score (nSPS) is 12.9. The molecular formula is C25H30O3Si. The Morgan fingerprint density at radius 2 is 1.28 bits per heavy atom. The second kappa shape index (κ2) is 9.50. The van der Waals surface area contributed by atoms with Crippen LogP contribution < -0.4 is 10.4 Å². The van der Waals surface area contributed by atoms with E-state index in [0.29, 0.717) is 0 Å². The van der Waals surface area contributed by atoms with Crippen LogP contribution in [0.25, 0.3) is 0 Å². The molecule has 0 bridgehead atoms. The van der Waals surface area contributed by atoms with Crippen LogP contribution in [0, 0.1) is 5.41 Å². The highest BCUT2D eigenvalue weighted by Crippen LogP contribution is 2.37. The fourth-order valence-corrected chi connectivity index (χ4v) is 6.31. The third kappa shape index (κ3) is 5.22. The van der Waals surface area contributed by atoms with E-state index in [1.165, 1.54) is 10.4 Å². The second-order valence-corrected chi connectivity index (χ2v) is 10.8. The fraction of sp³-hybridized carbons (Fsp3) is 0.280. The lowest BCUT2D eigenvalue weighted by Crippen LogP contribution is -2.47. The highest BCUT2D eigenvalue weighted by molar-refractivity contribution is 6.80. The zero-order valence-electron chi connectivity index (χ0n) is 17.4. The molecule has 152 valence electrons. The minimum Gasteiger partial charge on any atom is -0.403 e. The number of hydrogen-bond donors (Lipinski definition) is 2. The van der Waals surface area contributed by atoms with Crippen molar-refractivity contribution in [3.63, 3.8) is 0 Å². The van der Waals surface area contributed by atoms with Gasteiger partial charge >= 0.3 is 0 Å². The number of aliphatic hydroxyl groups excluding tert-OH is 2. The van der Waals surface area contributed by atoms with Gasteiger partial charge in [0.2, 0.25) is 9.04 Å². The molecule has 29 heavy (non-hydrogen) atoms. The van der Waals surface area contributed by atoms with Crippen molar-refractivity contribution in [1.82, 2.24) is 0 Å². The molecule has 3 aromatic rings. The molecule has 2 N–H and O–H groups in total. The lowest BCUT2D eigenvalue weighted by Gasteiger charge is -2.35. The maximum Gasteiger partial charge on any atom is 0.240 e. The molecule has 0 heterocycles. The SMILES string of the molecule is CC(C)(C)C(O[SiH](c1ccccc1)c1ccccc1)c1ccc(CO)c(CO)c1. The first-order chi connectivity index (χ1) is 13.9. The van der Waals surface area contributed by atoms with Crippen LogP contribution >= 0.6 is 0 Å². The van der Waals surface area contributed by atoms with Gasteiger partial charge in [-0.3, -0.25) is 0 Å². The van der Waals surface area contributed by atoms with E-state index < -0.39 is 9.04 Å². The maximum absolute atomic E-state index is 9.75. The third-order valence-corrected chi connectivity index (χ3v) is 7.66. The summed E-state index contributed by atoms with van der Waals surface area (Å²) < 4.78 is 6.94. The van der Waals surface area contributed by atoms with Crippen molar-refractivity contribution in [3.05, 3.63) is 95.6 Å². The molecule has 1 atom stereocenters. The topological polar surface area (TPSA) is 49.7 Å². The first-order valence-electron chi connectivity index (χ1n) is 10.0. The second-order valence-electron chi connectivity index (χ2n) is 8.43. The molecule has 0 aromatic heterocycles. The Bertz CT molecular complexity index is 865. The van der Waals surface area contributed by atoms with E-state index >= 15 is 0 Å². The molecule has 0 aliphatic rings. The predicted molar refractivity (Wildman–Crippen MR) is 121 cm³/mol. The molecule has 4 heteroatoms. The number of rotatable bonds is 7. The van der Waals surface area contributed by atoms with Crippen molar-refractivity contribution in [2.75, 3.05) is 0 Å². The van der Waals surface area contributed by atoms with Gasteiger partial charge in [0.25, 0.3) is 0 Å². The molecule has 0 aliphatic heterocycles. The molecule has 3 aromatic carbocycles. The van der Waals surface area contributed by atoms with Gasteiger partial charge in [0.15, 0.2) is 0 Å². The maximum atomic E-state index is 9.75. The first-order valence-corrected chi connectivity index (χ1v) is 11.7. The highest BCUT2D eigenvalue weighted by Gasteiger charge is 2.32. The van der Waals surface area contributed by atoms with Crippen molar-refractivity contribution in [3.8, 4) is 0 Å². The first kappa shape index (κ1) is 21.5. The molecule has 0 saturated carbocycles. The van der Waals surface area contributed by atoms with E-state index in [4.69, 9.17) is 4.43 Å². The Kier molecular flexibility index (Phi) is 7.03. The van der Waals surface area contributed by atoms with E-state index in [2.05, 4.69) is 69.3 Å². The van der Waals surface area contributed by atoms with Crippen LogP contribution in [0.15, 0.2) is 78.9 Å². The molecule has 0 fully saturated rings. The van der Waals surface area contributed by atoms with E-state index in [9.17, 15) is 10.2 Å². The zero-order valence-corrected chi connectivity index (χ0v) is 18.5. The van der Waals surface area contributed by atoms with Gasteiger partial charge < -0.3 is 14.6 Å². The predicted octanol–water partition coefficient (Wildman–Crippen LogP) is 3.31. The van der Waals surface area contributed by atoms with Crippen LogP contribution in [0.4, 0.5) is 0 Å². The number of hydrogen-bond acceptors (Lipinski definition) is 3. The summed E-state index contributed by atoms with van der Waals surface area (Å²) in [5, 5.41) is 21.8. The summed E-state index contributed by atoms with van der Waals surface area (Å²) >= 11 is 0. The quantitative estimate of drug-likeness (QED) is 0.592. The summed E-state index contributed by atoms with van der Waals surface area (Å²) in [5.74, 6) is 0. The Morgan fingerprint density at radius 1 is 0.759 bits per heavy atom. The molecule has 1 unspecified atom stereocenters. The van der Waals surface area contributed by atoms with Crippen LogP contribution in [0.3, 0.4) is 0 Å². The van der Waals surface area contributed by atoms with Gasteiger partial charge in [0.1, 0.15) is 0 Å². The zero-order chi connectivity index (χ0) is 20.9. The minimum absolute atomic E-state index is 0.0807. The van der Waals surface area contributed by atoms with Gasteiger partial charge in [-0.05, 0) is 32.5 Å². The van der Waals surface area contributed by atoms with Gasteiger partial charge in [0, 0.05) is 0 Å². The lowest BCUT2D eigenvalue weighted by atomic mass is 9.84. The molecule has 0 saturated heterocycles. The van der Waals surface area contributed by atoms with Crippen LogP contribution in [0.2, 0.25) is 0 Å². The van der Waals surface area contributed by atoms with E-state index in [1.54, 1.807) is 0 Å². The van der Waals surface area contributed by atoms with Crippen LogP contribution in [0.1, 0.15) is 43.6 Å². The Balaban J connectivity index is 2.04. The fourth-order valence-electron chi connectivity index (χ4n) is 3.63. The summed E-state index contributed by atoms with van der Waals surface area (Å²) in [7, 11) is -1.93. The monoisotopic (exact) mass is 406 g/mol. The molecule has 0 aliphatic carbocycles. The average molecular weight is 407 g/mol. The molecule has 3 nitrogen and oxygen atoms in total. The molecule has 0 spiro atoms. The van der Waals surface area contributed by atoms with Gasteiger partial charge in [-0.15, -0.1) is 0 Å². The smallest absolute Gasteiger partial charge is 0.240 e. The summed E-state index contributed by atoms with van der Waals surface area (Å²) in [6, 6.07) is 26.8. The van der Waals surface area contributed by atoms with Crippen molar-refractivity contribution in [2.24, 2.45) is 5.41 Å². The summed E-state index contributed by atoms with van der Waals surface area (Å²) in [6.45, 7) is 6.36.